The smallest absolute Gasteiger partial charge is 0.483 e. The number of rotatable bonds is 5. The summed E-state index contributed by atoms with van der Waals surface area (Å²) in [6.45, 7) is 6.89. The van der Waals surface area contributed by atoms with Crippen molar-refractivity contribution in [3.8, 4) is 0 Å². The lowest BCUT2D eigenvalue weighted by Crippen LogP contribution is -2.51. The average molecular weight is 396 g/mol. The van der Waals surface area contributed by atoms with E-state index in [1.54, 1.807) is 4.90 Å². The molecule has 2 fully saturated rings. The molecule has 1 spiro atoms. The number of hydrogen-bond acceptors (Lipinski definition) is 6. The number of piperidine rings is 1. The third kappa shape index (κ3) is 5.61. The van der Waals surface area contributed by atoms with Crippen LogP contribution in [0.15, 0.2) is 12.4 Å². The van der Waals surface area contributed by atoms with E-state index in [0.29, 0.717) is 45.0 Å². The van der Waals surface area contributed by atoms with Crippen molar-refractivity contribution in [1.82, 2.24) is 19.8 Å². The van der Waals surface area contributed by atoms with Gasteiger partial charge >= 0.3 is 12.2 Å². The van der Waals surface area contributed by atoms with Crippen LogP contribution in [-0.2, 0) is 20.8 Å². The van der Waals surface area contributed by atoms with Gasteiger partial charge in [-0.1, -0.05) is 13.8 Å². The van der Waals surface area contributed by atoms with Gasteiger partial charge in [-0.3, -0.25) is 4.79 Å². The number of likely N-dealkylation sites (tertiary alicyclic amines) is 1. The van der Waals surface area contributed by atoms with Gasteiger partial charge < -0.3 is 29.4 Å². The summed E-state index contributed by atoms with van der Waals surface area (Å²) in [5, 5.41) is 9.85. The average Bonchev–Trinajstić information content (AvgIpc) is 3.27. The van der Waals surface area contributed by atoms with E-state index in [1.165, 1.54) is 0 Å². The number of cyclic esters (lactones) is 1. The molecule has 2 aliphatic rings. The molecule has 10 heteroatoms. The fraction of sp³-hybridized carbons (Fsp3) is 0.667. The van der Waals surface area contributed by atoms with Gasteiger partial charge in [-0.15, -0.1) is 0 Å². The topological polar surface area (TPSA) is 123 Å². The van der Waals surface area contributed by atoms with E-state index in [1.807, 2.05) is 12.4 Å². The molecular formula is C18H28N4O6. The van der Waals surface area contributed by atoms with Crippen molar-refractivity contribution in [3.05, 3.63) is 18.2 Å². The van der Waals surface area contributed by atoms with Gasteiger partial charge in [0.25, 0.3) is 6.47 Å². The maximum atomic E-state index is 12.3. The van der Waals surface area contributed by atoms with Gasteiger partial charge in [-0.05, 0) is 6.42 Å². The van der Waals surface area contributed by atoms with E-state index in [4.69, 9.17) is 19.4 Å². The molecule has 2 saturated heterocycles. The first kappa shape index (κ1) is 21.5. The van der Waals surface area contributed by atoms with Crippen LogP contribution in [0, 0.1) is 0 Å². The van der Waals surface area contributed by atoms with Crippen LogP contribution in [-0.4, -0.2) is 70.1 Å². The van der Waals surface area contributed by atoms with Crippen LogP contribution >= 0.6 is 0 Å². The number of carboxylic acid groups (broad SMARTS) is 1. The lowest BCUT2D eigenvalue weighted by Gasteiger charge is -2.36. The molecule has 2 N–H and O–H groups in total. The molecule has 3 rings (SSSR count). The van der Waals surface area contributed by atoms with Gasteiger partial charge in [0, 0.05) is 57.3 Å². The van der Waals surface area contributed by atoms with E-state index in [0.717, 1.165) is 18.8 Å². The van der Waals surface area contributed by atoms with Gasteiger partial charge in [0.1, 0.15) is 12.4 Å². The van der Waals surface area contributed by atoms with E-state index in [9.17, 15) is 9.59 Å². The summed E-state index contributed by atoms with van der Waals surface area (Å²) in [5.41, 5.74) is -0.525. The molecule has 0 unspecified atom stereocenters. The second kappa shape index (κ2) is 9.95. The SMILES string of the molecule is CC(C)c1nccn1CCCNC(=O)N1CCC2(CC1)COC(=O)O2.O=CO. The Hall–Kier alpha value is -2.78. The van der Waals surface area contributed by atoms with E-state index in [2.05, 4.69) is 28.7 Å². The number of carbonyl (C=O) groups is 3. The lowest BCUT2D eigenvalue weighted by molar-refractivity contribution is -0.122. The molecule has 28 heavy (non-hydrogen) atoms. The first-order valence-corrected chi connectivity index (χ1v) is 9.38. The summed E-state index contributed by atoms with van der Waals surface area (Å²) in [4.78, 5) is 37.9. The number of imidazole rings is 1. The van der Waals surface area contributed by atoms with Crippen LogP contribution in [0.5, 0.6) is 0 Å². The number of hydrogen-bond donors (Lipinski definition) is 2. The Labute approximate surface area is 163 Å². The van der Waals surface area contributed by atoms with Crippen LogP contribution in [0.3, 0.4) is 0 Å². The monoisotopic (exact) mass is 396 g/mol. The second-order valence-electron chi connectivity index (χ2n) is 7.14. The summed E-state index contributed by atoms with van der Waals surface area (Å²) in [7, 11) is 0. The number of amides is 2. The van der Waals surface area contributed by atoms with Crippen LogP contribution in [0.25, 0.3) is 0 Å². The fourth-order valence-corrected chi connectivity index (χ4v) is 3.36. The highest BCUT2D eigenvalue weighted by molar-refractivity contribution is 5.74. The maximum Gasteiger partial charge on any atom is 0.509 e. The van der Waals surface area contributed by atoms with Crippen molar-refractivity contribution in [2.45, 2.75) is 51.2 Å². The summed E-state index contributed by atoms with van der Waals surface area (Å²) in [6, 6.07) is -0.0604. The Kier molecular flexibility index (Phi) is 7.65. The van der Waals surface area contributed by atoms with Crippen LogP contribution in [0.4, 0.5) is 9.59 Å². The lowest BCUT2D eigenvalue weighted by atomic mass is 9.92. The largest absolute Gasteiger partial charge is 0.509 e. The number of nitrogens with zero attached hydrogens (tertiary/aromatic N) is 3. The van der Waals surface area contributed by atoms with Gasteiger partial charge in [0.2, 0.25) is 0 Å². The molecule has 1 aromatic rings. The summed E-state index contributed by atoms with van der Waals surface area (Å²) in [6.07, 6.45) is 5.30. The number of nitrogens with one attached hydrogen (secondary N) is 1. The van der Waals surface area contributed by atoms with Gasteiger partial charge in [0.05, 0.1) is 0 Å². The van der Waals surface area contributed by atoms with Crippen LogP contribution in [0.2, 0.25) is 0 Å². The van der Waals surface area contributed by atoms with E-state index >= 15 is 0 Å². The minimum atomic E-state index is -0.599. The normalized spacial score (nSPS) is 17.5. The zero-order valence-corrected chi connectivity index (χ0v) is 16.3. The van der Waals surface area contributed by atoms with Crippen molar-refractivity contribution in [2.75, 3.05) is 26.2 Å². The number of aromatic nitrogens is 2. The standard InChI is InChI=1S/C17H26N4O4.CH2O2/c1-13(2)14-18-7-11-20(14)8-3-6-19-15(22)21-9-4-17(5-10-21)12-24-16(23)25-17;2-1-3/h7,11,13H,3-6,8-10,12H2,1-2H3,(H,19,22);1H,(H,2,3). The Morgan fingerprint density at radius 1 is 1.43 bits per heavy atom. The Morgan fingerprint density at radius 3 is 2.68 bits per heavy atom. The molecule has 0 saturated carbocycles. The maximum absolute atomic E-state index is 12.3. The minimum absolute atomic E-state index is 0.0604. The second-order valence-corrected chi connectivity index (χ2v) is 7.14. The quantitative estimate of drug-likeness (QED) is 0.442. The molecular weight excluding hydrogens is 368 g/mol. The first-order valence-electron chi connectivity index (χ1n) is 9.38. The zero-order valence-electron chi connectivity index (χ0n) is 16.3. The number of carbonyl (C=O) groups excluding carboxylic acids is 2. The van der Waals surface area contributed by atoms with E-state index < -0.39 is 11.8 Å². The number of ether oxygens (including phenoxy) is 2. The van der Waals surface area contributed by atoms with Gasteiger partial charge in [0.15, 0.2) is 5.60 Å². The number of aryl methyl sites for hydroxylation is 1. The molecule has 1 aromatic heterocycles. The predicted octanol–water partition coefficient (Wildman–Crippen LogP) is 1.81. The third-order valence-corrected chi connectivity index (χ3v) is 4.83. The molecule has 0 aliphatic carbocycles. The van der Waals surface area contributed by atoms with Crippen molar-refractivity contribution in [3.63, 3.8) is 0 Å². The predicted molar refractivity (Wildman–Crippen MR) is 99.0 cm³/mol. The van der Waals surface area contributed by atoms with Gasteiger partial charge in [-0.2, -0.15) is 0 Å². The molecule has 0 aromatic carbocycles. The van der Waals surface area contributed by atoms with Gasteiger partial charge in [-0.25, -0.2) is 14.6 Å². The van der Waals surface area contributed by atoms with Crippen molar-refractivity contribution in [1.29, 1.82) is 0 Å². The first-order chi connectivity index (χ1) is 13.4. The summed E-state index contributed by atoms with van der Waals surface area (Å²) >= 11 is 0. The Morgan fingerprint density at radius 2 is 2.11 bits per heavy atom. The molecule has 156 valence electrons. The minimum Gasteiger partial charge on any atom is -0.483 e. The Bertz CT molecular complexity index is 667. The van der Waals surface area contributed by atoms with Crippen molar-refractivity contribution < 1.29 is 29.0 Å². The molecule has 0 bridgehead atoms. The summed E-state index contributed by atoms with van der Waals surface area (Å²) < 4.78 is 12.3. The van der Waals surface area contributed by atoms with Crippen molar-refractivity contribution in [2.24, 2.45) is 0 Å². The number of urea groups is 1. The molecule has 10 nitrogen and oxygen atoms in total. The van der Waals surface area contributed by atoms with E-state index in [-0.39, 0.29) is 12.5 Å². The highest BCUT2D eigenvalue weighted by Gasteiger charge is 2.45. The molecule has 2 amide bonds. The highest BCUT2D eigenvalue weighted by atomic mass is 16.8. The fourth-order valence-electron chi connectivity index (χ4n) is 3.36. The van der Waals surface area contributed by atoms with Crippen molar-refractivity contribution >= 4 is 18.7 Å². The molecule has 0 atom stereocenters. The summed E-state index contributed by atoms with van der Waals surface area (Å²) in [5.74, 6) is 1.46. The Balaban J connectivity index is 0.000000878. The molecule has 2 aliphatic heterocycles. The third-order valence-electron chi connectivity index (χ3n) is 4.83. The van der Waals surface area contributed by atoms with Crippen LogP contribution < -0.4 is 5.32 Å². The molecule has 3 heterocycles. The van der Waals surface area contributed by atoms with Crippen LogP contribution in [0.1, 0.15) is 44.9 Å². The highest BCUT2D eigenvalue weighted by Crippen LogP contribution is 2.31. The molecule has 0 radical (unpaired) electrons. The zero-order chi connectivity index (χ0) is 20.6.